The van der Waals surface area contributed by atoms with Crippen molar-refractivity contribution < 1.29 is 29.3 Å². The third-order valence-corrected chi connectivity index (χ3v) is 12.5. The Morgan fingerprint density at radius 1 is 1.07 bits per heavy atom. The van der Waals surface area contributed by atoms with Crippen molar-refractivity contribution in [3.63, 3.8) is 0 Å². The molecule has 7 nitrogen and oxygen atoms in total. The molecule has 238 valence electrons. The van der Waals surface area contributed by atoms with E-state index in [2.05, 4.69) is 23.5 Å². The Morgan fingerprint density at radius 2 is 1.86 bits per heavy atom. The Balaban J connectivity index is 1.15. The second kappa shape index (κ2) is 12.2. The fourth-order valence-corrected chi connectivity index (χ4v) is 10.4. The molecule has 15 atom stereocenters. The third-order valence-electron chi connectivity index (χ3n) is 12.5. The van der Waals surface area contributed by atoms with Gasteiger partial charge in [0, 0.05) is 24.9 Å². The number of ketones is 2. The van der Waals surface area contributed by atoms with Crippen LogP contribution in [0, 0.1) is 65.1 Å². The van der Waals surface area contributed by atoms with E-state index in [0.717, 1.165) is 45.2 Å². The normalized spacial score (nSPS) is 48.6. The number of nitrogens with one attached hydrogen (secondary N) is 1. The highest BCUT2D eigenvalue weighted by atomic mass is 19.1. The van der Waals surface area contributed by atoms with E-state index in [0.29, 0.717) is 31.1 Å². The van der Waals surface area contributed by atoms with Gasteiger partial charge in [-0.3, -0.25) is 9.59 Å². The maximum atomic E-state index is 14.2. The second-order valence-electron chi connectivity index (χ2n) is 15.0. The molecule has 0 spiro atoms. The smallest absolute Gasteiger partial charge is 0.172 e. The number of Topliss-reactive ketones (excluding diaryl/α,β-unsaturated/α-hetero) is 2. The fourth-order valence-electron chi connectivity index (χ4n) is 10.4. The first-order valence-corrected chi connectivity index (χ1v) is 16.8. The number of alkyl halides is 1. The van der Waals surface area contributed by atoms with Gasteiger partial charge in [0.15, 0.2) is 5.78 Å². The zero-order valence-electron chi connectivity index (χ0n) is 25.7. The summed E-state index contributed by atoms with van der Waals surface area (Å²) in [6.07, 6.45) is 13.9. The monoisotopic (exact) mass is 598 g/mol. The quantitative estimate of drug-likeness (QED) is 0.234. The minimum absolute atomic E-state index is 0.0202. The van der Waals surface area contributed by atoms with Crippen LogP contribution in [-0.2, 0) is 9.59 Å². The lowest BCUT2D eigenvalue weighted by Crippen LogP contribution is -2.68. The van der Waals surface area contributed by atoms with Crippen LogP contribution in [0.3, 0.4) is 0 Å². The van der Waals surface area contributed by atoms with Crippen LogP contribution >= 0.6 is 0 Å². The van der Waals surface area contributed by atoms with Crippen molar-refractivity contribution in [2.24, 2.45) is 70.8 Å². The SMILES string of the molecule is CC1CC2CC3CC4C(C5C=CC(CNCC6=CC(F)CCC6)CC5)C=CC(O)C4C(=O)C3C(C)[C@]2(O)C(=O)C1C(N)O. The third kappa shape index (κ3) is 5.54. The Bertz CT molecular complexity index is 1170. The van der Waals surface area contributed by atoms with E-state index < -0.39 is 53.6 Å². The van der Waals surface area contributed by atoms with Gasteiger partial charge >= 0.3 is 0 Å². The van der Waals surface area contributed by atoms with E-state index in [1.807, 2.05) is 13.8 Å². The van der Waals surface area contributed by atoms with Crippen LogP contribution in [0.5, 0.6) is 0 Å². The number of rotatable bonds is 6. The number of aliphatic hydroxyl groups excluding tert-OH is 2. The summed E-state index contributed by atoms with van der Waals surface area (Å²) < 4.78 is 13.7. The van der Waals surface area contributed by atoms with Crippen molar-refractivity contribution in [2.45, 2.75) is 89.3 Å². The van der Waals surface area contributed by atoms with Crippen molar-refractivity contribution in [1.29, 1.82) is 0 Å². The largest absolute Gasteiger partial charge is 0.388 e. The minimum Gasteiger partial charge on any atom is -0.388 e. The van der Waals surface area contributed by atoms with Gasteiger partial charge in [-0.05, 0) is 92.8 Å². The molecule has 3 saturated carbocycles. The van der Waals surface area contributed by atoms with Crippen LogP contribution in [0.1, 0.15) is 65.2 Å². The van der Waals surface area contributed by atoms with Gasteiger partial charge < -0.3 is 26.4 Å². The molecule has 0 bridgehead atoms. The molecule has 0 radical (unpaired) electrons. The molecular weight excluding hydrogens is 547 g/mol. The Kier molecular flexibility index (Phi) is 8.90. The average Bonchev–Trinajstić information content (AvgIpc) is 2.95. The molecule has 8 heteroatoms. The summed E-state index contributed by atoms with van der Waals surface area (Å²) in [4.78, 5) is 27.8. The molecule has 3 fully saturated rings. The number of fused-ring (bicyclic) bond motifs is 3. The van der Waals surface area contributed by atoms with Gasteiger partial charge in [0.05, 0.1) is 17.9 Å². The molecule has 6 aliphatic carbocycles. The van der Waals surface area contributed by atoms with Crippen LogP contribution in [-0.4, -0.2) is 64.1 Å². The minimum atomic E-state index is -1.69. The molecule has 14 unspecified atom stereocenters. The summed E-state index contributed by atoms with van der Waals surface area (Å²) in [5.74, 6) is -2.36. The predicted molar refractivity (Wildman–Crippen MR) is 162 cm³/mol. The maximum Gasteiger partial charge on any atom is 0.172 e. The van der Waals surface area contributed by atoms with E-state index >= 15 is 0 Å². The highest BCUT2D eigenvalue weighted by Gasteiger charge is 2.65. The number of halogens is 1. The first-order chi connectivity index (χ1) is 20.5. The van der Waals surface area contributed by atoms with Gasteiger partial charge in [0.1, 0.15) is 23.8 Å². The molecule has 0 aromatic carbocycles. The number of nitrogens with two attached hydrogens (primary N) is 1. The summed E-state index contributed by atoms with van der Waals surface area (Å²) in [5.41, 5.74) is 5.27. The zero-order chi connectivity index (χ0) is 30.6. The van der Waals surface area contributed by atoms with Gasteiger partial charge in [0.2, 0.25) is 0 Å². The number of carbonyl (C=O) groups is 2. The van der Waals surface area contributed by atoms with Crippen LogP contribution in [0.2, 0.25) is 0 Å². The number of allylic oxidation sites excluding steroid dienone is 3. The topological polar surface area (TPSA) is 133 Å². The molecule has 6 N–H and O–H groups in total. The van der Waals surface area contributed by atoms with Crippen LogP contribution in [0.15, 0.2) is 36.0 Å². The zero-order valence-corrected chi connectivity index (χ0v) is 25.7. The van der Waals surface area contributed by atoms with Crippen molar-refractivity contribution in [2.75, 3.05) is 13.1 Å². The number of hydrogen-bond donors (Lipinski definition) is 5. The molecule has 0 aromatic heterocycles. The lowest BCUT2D eigenvalue weighted by molar-refractivity contribution is -0.197. The average molecular weight is 599 g/mol. The van der Waals surface area contributed by atoms with Crippen molar-refractivity contribution in [3.05, 3.63) is 36.0 Å². The van der Waals surface area contributed by atoms with Gasteiger partial charge in [-0.15, -0.1) is 0 Å². The first-order valence-electron chi connectivity index (χ1n) is 16.8. The number of aliphatic hydroxyl groups is 3. The lowest BCUT2D eigenvalue weighted by Gasteiger charge is -2.59. The molecule has 0 amide bonds. The van der Waals surface area contributed by atoms with Crippen molar-refractivity contribution >= 4 is 11.6 Å². The highest BCUT2D eigenvalue weighted by molar-refractivity contribution is 5.94. The van der Waals surface area contributed by atoms with Crippen molar-refractivity contribution in [1.82, 2.24) is 5.32 Å². The molecule has 0 heterocycles. The Hall–Kier alpha value is -1.71. The fraction of sp³-hybridized carbons (Fsp3) is 0.771. The maximum absolute atomic E-state index is 14.2. The molecule has 0 aliphatic heterocycles. The molecule has 43 heavy (non-hydrogen) atoms. The van der Waals surface area contributed by atoms with Crippen LogP contribution in [0.4, 0.5) is 4.39 Å². The first kappa shape index (κ1) is 31.3. The number of hydrogen-bond acceptors (Lipinski definition) is 7. The summed E-state index contributed by atoms with van der Waals surface area (Å²) in [6.45, 7) is 5.35. The highest BCUT2D eigenvalue weighted by Crippen LogP contribution is 2.59. The molecule has 6 rings (SSSR count). The van der Waals surface area contributed by atoms with Gasteiger partial charge in [-0.2, -0.15) is 0 Å². The lowest BCUT2D eigenvalue weighted by atomic mass is 9.46. The summed E-state index contributed by atoms with van der Waals surface area (Å²) in [7, 11) is 0. The van der Waals surface area contributed by atoms with Crippen molar-refractivity contribution in [3.8, 4) is 0 Å². The van der Waals surface area contributed by atoms with Crippen LogP contribution < -0.4 is 11.1 Å². The molecule has 0 saturated heterocycles. The van der Waals surface area contributed by atoms with E-state index in [1.165, 1.54) is 5.57 Å². The second-order valence-corrected chi connectivity index (χ2v) is 15.0. The standard InChI is InChI=1S/C35H51FN2O5/c1-18-12-24-14-23-15-27-26(22-8-6-20(7-9-22)16-38-17-21-4-3-5-25(36)13-21)10-11-28(39)31(27)32(40)30(23)19(2)35(24,43)33(41)29(18)34(37)42/h6,8,10-11,13,18-20,22-31,34,38-39,42-43H,3-5,7,9,12,14-17,37H2,1-2H3/t18?,19?,20?,22?,23?,24?,25?,26?,27?,28?,29?,30?,31?,34?,35-/m1/s1. The van der Waals surface area contributed by atoms with E-state index in [9.17, 15) is 29.3 Å². The number of carbonyl (C=O) groups excluding carboxylic acids is 2. The van der Waals surface area contributed by atoms with Gasteiger partial charge in [-0.1, -0.05) is 49.8 Å². The Labute approximate surface area is 255 Å². The summed E-state index contributed by atoms with van der Waals surface area (Å²) in [5, 5.41) is 36.7. The van der Waals surface area contributed by atoms with E-state index in [-0.39, 0.29) is 35.4 Å². The van der Waals surface area contributed by atoms with E-state index in [4.69, 9.17) is 5.73 Å². The molecular formula is C35H51FN2O5. The molecule has 0 aromatic rings. The summed E-state index contributed by atoms with van der Waals surface area (Å²) >= 11 is 0. The van der Waals surface area contributed by atoms with Gasteiger partial charge in [0.25, 0.3) is 0 Å². The Morgan fingerprint density at radius 3 is 2.56 bits per heavy atom. The molecule has 6 aliphatic rings. The van der Waals surface area contributed by atoms with Crippen LogP contribution in [0.25, 0.3) is 0 Å². The van der Waals surface area contributed by atoms with E-state index in [1.54, 1.807) is 12.2 Å². The summed E-state index contributed by atoms with van der Waals surface area (Å²) in [6, 6.07) is 0. The van der Waals surface area contributed by atoms with Gasteiger partial charge in [-0.25, -0.2) is 4.39 Å². The predicted octanol–water partition coefficient (Wildman–Crippen LogP) is 3.48.